The molecule has 0 saturated heterocycles. The largest absolute Gasteiger partial charge is 0.573 e. The van der Waals surface area contributed by atoms with Crippen molar-refractivity contribution in [3.05, 3.63) is 28.3 Å². The standard InChI is InChI=1S/C7H4F3NO3S/c8-7(9,10)14-5-1-4(11(12)13)2-6(15)3-5/h1-3,15H. The molecule has 0 radical (unpaired) electrons. The lowest BCUT2D eigenvalue weighted by Crippen LogP contribution is -2.17. The van der Waals surface area contributed by atoms with Crippen LogP contribution in [0.4, 0.5) is 18.9 Å². The summed E-state index contributed by atoms with van der Waals surface area (Å²) in [5, 5.41) is 10.3. The van der Waals surface area contributed by atoms with Crippen molar-refractivity contribution in [1.82, 2.24) is 0 Å². The normalized spacial score (nSPS) is 11.2. The highest BCUT2D eigenvalue weighted by Gasteiger charge is 2.31. The van der Waals surface area contributed by atoms with Crippen LogP contribution in [-0.2, 0) is 0 Å². The summed E-state index contributed by atoms with van der Waals surface area (Å²) >= 11 is 3.72. The van der Waals surface area contributed by atoms with Gasteiger partial charge in [-0.1, -0.05) is 0 Å². The zero-order valence-electron chi connectivity index (χ0n) is 6.99. The van der Waals surface area contributed by atoms with E-state index in [0.29, 0.717) is 6.07 Å². The highest BCUT2D eigenvalue weighted by molar-refractivity contribution is 7.80. The number of hydrogen-bond acceptors (Lipinski definition) is 4. The van der Waals surface area contributed by atoms with Crippen molar-refractivity contribution in [1.29, 1.82) is 0 Å². The summed E-state index contributed by atoms with van der Waals surface area (Å²) in [6.07, 6.45) is -4.88. The van der Waals surface area contributed by atoms with Crippen molar-refractivity contribution in [2.24, 2.45) is 0 Å². The number of nitro groups is 1. The minimum Gasteiger partial charge on any atom is -0.405 e. The Morgan fingerprint density at radius 1 is 1.33 bits per heavy atom. The first-order valence-corrected chi connectivity index (χ1v) is 3.97. The van der Waals surface area contributed by atoms with E-state index in [1.54, 1.807) is 0 Å². The zero-order valence-corrected chi connectivity index (χ0v) is 7.88. The van der Waals surface area contributed by atoms with Gasteiger partial charge in [-0.3, -0.25) is 10.1 Å². The summed E-state index contributed by atoms with van der Waals surface area (Å²) in [5.74, 6) is -0.665. The highest BCUT2D eigenvalue weighted by Crippen LogP contribution is 2.29. The van der Waals surface area contributed by atoms with Gasteiger partial charge in [-0.25, -0.2) is 0 Å². The van der Waals surface area contributed by atoms with Gasteiger partial charge >= 0.3 is 6.36 Å². The molecule has 1 aromatic rings. The zero-order chi connectivity index (χ0) is 11.6. The van der Waals surface area contributed by atoms with Crippen molar-refractivity contribution < 1.29 is 22.8 Å². The molecule has 1 aromatic carbocycles. The average Bonchev–Trinajstić information content (AvgIpc) is 1.99. The van der Waals surface area contributed by atoms with Crippen molar-refractivity contribution in [3.8, 4) is 5.75 Å². The van der Waals surface area contributed by atoms with Gasteiger partial charge < -0.3 is 4.74 Å². The van der Waals surface area contributed by atoms with Crippen LogP contribution in [0.1, 0.15) is 0 Å². The van der Waals surface area contributed by atoms with Gasteiger partial charge in [0.2, 0.25) is 0 Å². The van der Waals surface area contributed by atoms with E-state index < -0.39 is 22.7 Å². The van der Waals surface area contributed by atoms with E-state index in [-0.39, 0.29) is 4.90 Å². The molecule has 0 aliphatic rings. The van der Waals surface area contributed by atoms with Crippen LogP contribution in [-0.4, -0.2) is 11.3 Å². The van der Waals surface area contributed by atoms with Gasteiger partial charge in [-0.05, 0) is 6.07 Å². The van der Waals surface area contributed by atoms with E-state index in [1.165, 1.54) is 0 Å². The molecule has 0 fully saturated rings. The van der Waals surface area contributed by atoms with Crippen LogP contribution in [0.15, 0.2) is 23.1 Å². The summed E-state index contributed by atoms with van der Waals surface area (Å²) in [5.41, 5.74) is -0.512. The molecule has 0 atom stereocenters. The number of thiol groups is 1. The molecule has 0 saturated carbocycles. The molecule has 0 heterocycles. The monoisotopic (exact) mass is 239 g/mol. The minimum atomic E-state index is -4.88. The third-order valence-corrected chi connectivity index (χ3v) is 1.58. The van der Waals surface area contributed by atoms with Crippen LogP contribution in [0.3, 0.4) is 0 Å². The van der Waals surface area contributed by atoms with Crippen LogP contribution < -0.4 is 4.74 Å². The van der Waals surface area contributed by atoms with Crippen molar-refractivity contribution >= 4 is 18.3 Å². The van der Waals surface area contributed by atoms with E-state index >= 15 is 0 Å². The molecule has 15 heavy (non-hydrogen) atoms. The van der Waals surface area contributed by atoms with Gasteiger partial charge in [0, 0.05) is 11.0 Å². The minimum absolute atomic E-state index is 0.0171. The second-order valence-electron chi connectivity index (χ2n) is 2.49. The Morgan fingerprint density at radius 2 is 1.93 bits per heavy atom. The van der Waals surface area contributed by atoms with Crippen molar-refractivity contribution in [3.63, 3.8) is 0 Å². The molecule has 0 aliphatic carbocycles. The van der Waals surface area contributed by atoms with Gasteiger partial charge in [0.25, 0.3) is 5.69 Å². The Hall–Kier alpha value is -1.44. The maximum Gasteiger partial charge on any atom is 0.573 e. The fourth-order valence-corrected chi connectivity index (χ4v) is 1.13. The van der Waals surface area contributed by atoms with Crippen LogP contribution in [0, 0.1) is 10.1 Å². The van der Waals surface area contributed by atoms with Gasteiger partial charge in [0.15, 0.2) is 0 Å². The lowest BCUT2D eigenvalue weighted by Gasteiger charge is -2.08. The maximum absolute atomic E-state index is 11.8. The van der Waals surface area contributed by atoms with E-state index in [2.05, 4.69) is 17.4 Å². The summed E-state index contributed by atoms with van der Waals surface area (Å²) < 4.78 is 38.9. The molecule has 1 rings (SSSR count). The third kappa shape index (κ3) is 3.66. The van der Waals surface area contributed by atoms with Crippen LogP contribution in [0.2, 0.25) is 0 Å². The predicted molar refractivity (Wildman–Crippen MR) is 47.0 cm³/mol. The number of halogens is 3. The Labute approximate surface area is 87.2 Å². The summed E-state index contributed by atoms with van der Waals surface area (Å²) in [6, 6.07) is 2.63. The molecule has 8 heteroatoms. The lowest BCUT2D eigenvalue weighted by molar-refractivity contribution is -0.385. The highest BCUT2D eigenvalue weighted by atomic mass is 32.1. The Bertz CT molecular complexity index is 394. The molecule has 0 amide bonds. The topological polar surface area (TPSA) is 52.4 Å². The Kier molecular flexibility index (Phi) is 3.08. The second kappa shape index (κ2) is 3.97. The SMILES string of the molecule is O=[N+]([O-])c1cc(S)cc(OC(F)(F)F)c1. The molecule has 0 unspecified atom stereocenters. The van der Waals surface area contributed by atoms with Gasteiger partial charge in [0.05, 0.1) is 11.0 Å². The lowest BCUT2D eigenvalue weighted by atomic mass is 10.3. The predicted octanol–water partition coefficient (Wildman–Crippen LogP) is 2.78. The van der Waals surface area contributed by atoms with Crippen LogP contribution in [0.25, 0.3) is 0 Å². The average molecular weight is 239 g/mol. The maximum atomic E-state index is 11.8. The molecule has 0 spiro atoms. The molecule has 0 bridgehead atoms. The Balaban J connectivity index is 3.04. The van der Waals surface area contributed by atoms with E-state index in [1.807, 2.05) is 0 Å². The summed E-state index contributed by atoms with van der Waals surface area (Å²) in [4.78, 5) is 9.49. The van der Waals surface area contributed by atoms with Gasteiger partial charge in [-0.15, -0.1) is 25.8 Å². The third-order valence-electron chi connectivity index (χ3n) is 1.32. The number of non-ortho nitro benzene ring substituents is 1. The van der Waals surface area contributed by atoms with Crippen molar-refractivity contribution in [2.75, 3.05) is 0 Å². The fraction of sp³-hybridized carbons (Fsp3) is 0.143. The molecule has 4 nitrogen and oxygen atoms in total. The van der Waals surface area contributed by atoms with E-state index in [4.69, 9.17) is 0 Å². The molecule has 82 valence electrons. The van der Waals surface area contributed by atoms with E-state index in [0.717, 1.165) is 12.1 Å². The first-order valence-electron chi connectivity index (χ1n) is 3.52. The summed E-state index contributed by atoms with van der Waals surface area (Å²) in [6.45, 7) is 0. The first kappa shape index (κ1) is 11.6. The van der Waals surface area contributed by atoms with Gasteiger partial charge in [0.1, 0.15) is 5.75 Å². The van der Waals surface area contributed by atoms with E-state index in [9.17, 15) is 23.3 Å². The molecule has 0 N–H and O–H groups in total. The Morgan fingerprint density at radius 3 is 2.40 bits per heavy atom. The number of alkyl halides is 3. The molecule has 0 aliphatic heterocycles. The number of nitrogens with zero attached hydrogens (tertiary/aromatic N) is 1. The number of ether oxygens (including phenoxy) is 1. The van der Waals surface area contributed by atoms with Crippen LogP contribution >= 0.6 is 12.6 Å². The van der Waals surface area contributed by atoms with Crippen molar-refractivity contribution in [2.45, 2.75) is 11.3 Å². The summed E-state index contributed by atoms with van der Waals surface area (Å²) in [7, 11) is 0. The number of benzene rings is 1. The fourth-order valence-electron chi connectivity index (χ4n) is 0.866. The van der Waals surface area contributed by atoms with Gasteiger partial charge in [-0.2, -0.15) is 0 Å². The second-order valence-corrected chi connectivity index (χ2v) is 3.01. The molecule has 0 aromatic heterocycles. The molecular weight excluding hydrogens is 235 g/mol. The number of rotatable bonds is 2. The quantitative estimate of drug-likeness (QED) is 0.490. The number of hydrogen-bond donors (Lipinski definition) is 1. The first-order chi connectivity index (χ1) is 6.78. The van der Waals surface area contributed by atoms with Crippen LogP contribution in [0.5, 0.6) is 5.75 Å². The smallest absolute Gasteiger partial charge is 0.405 e. The number of nitro benzene ring substituents is 1. The molecular formula is C7H4F3NO3S.